The molecular formula is C16H18N2O2. The molecule has 1 fully saturated rings. The summed E-state index contributed by atoms with van der Waals surface area (Å²) in [5.74, 6) is -0.0466. The summed E-state index contributed by atoms with van der Waals surface area (Å²) in [4.78, 5) is 11.9. The first-order chi connectivity index (χ1) is 9.72. The van der Waals surface area contributed by atoms with Crippen LogP contribution in [0.25, 0.3) is 10.8 Å². The Kier molecular flexibility index (Phi) is 3.67. The van der Waals surface area contributed by atoms with Gasteiger partial charge in [0, 0.05) is 13.1 Å². The molecule has 3 rings (SSSR count). The average molecular weight is 270 g/mol. The average Bonchev–Trinajstić information content (AvgIpc) is 2.91. The van der Waals surface area contributed by atoms with Crippen LogP contribution in [0.15, 0.2) is 42.5 Å². The minimum absolute atomic E-state index is 0.0466. The minimum Gasteiger partial charge on any atom is -0.392 e. The van der Waals surface area contributed by atoms with Gasteiger partial charge in [0.05, 0.1) is 12.1 Å². The molecule has 2 aromatic carbocycles. The molecule has 3 N–H and O–H groups in total. The maximum absolute atomic E-state index is 11.9. The summed E-state index contributed by atoms with van der Waals surface area (Å²) in [6, 6.07) is 14.1. The lowest BCUT2D eigenvalue weighted by Crippen LogP contribution is -2.39. The van der Waals surface area contributed by atoms with Crippen LogP contribution in [0, 0.1) is 0 Å². The fourth-order valence-electron chi connectivity index (χ4n) is 2.58. The van der Waals surface area contributed by atoms with Gasteiger partial charge in [0.25, 0.3) is 0 Å². The Labute approximate surface area is 117 Å². The van der Waals surface area contributed by atoms with Crippen molar-refractivity contribution in [3.63, 3.8) is 0 Å². The van der Waals surface area contributed by atoms with Crippen molar-refractivity contribution in [2.75, 3.05) is 6.54 Å². The first kappa shape index (κ1) is 13.1. The number of aliphatic hydroxyl groups excluding tert-OH is 1. The number of nitrogens with one attached hydrogen (secondary N) is 2. The maximum atomic E-state index is 11.9. The molecule has 20 heavy (non-hydrogen) atoms. The van der Waals surface area contributed by atoms with E-state index < -0.39 is 6.10 Å². The first-order valence-corrected chi connectivity index (χ1v) is 6.89. The molecule has 0 aromatic heterocycles. The van der Waals surface area contributed by atoms with Crippen LogP contribution in [0.5, 0.6) is 0 Å². The van der Waals surface area contributed by atoms with E-state index in [1.54, 1.807) is 0 Å². The van der Waals surface area contributed by atoms with E-state index in [0.29, 0.717) is 19.5 Å². The van der Waals surface area contributed by atoms with E-state index in [2.05, 4.69) is 34.9 Å². The second kappa shape index (κ2) is 5.61. The quantitative estimate of drug-likeness (QED) is 0.785. The van der Waals surface area contributed by atoms with Gasteiger partial charge in [-0.25, -0.2) is 0 Å². The number of amides is 1. The van der Waals surface area contributed by atoms with Gasteiger partial charge in [-0.3, -0.25) is 4.79 Å². The number of hydrogen-bond donors (Lipinski definition) is 3. The lowest BCUT2D eigenvalue weighted by atomic mass is 10.1. The fourth-order valence-corrected chi connectivity index (χ4v) is 2.58. The summed E-state index contributed by atoms with van der Waals surface area (Å²) in [6.45, 7) is 1.01. The number of rotatable bonds is 3. The van der Waals surface area contributed by atoms with Crippen LogP contribution in [0.4, 0.5) is 0 Å². The topological polar surface area (TPSA) is 61.4 Å². The number of carbonyl (C=O) groups excluding carboxylic acids is 1. The zero-order chi connectivity index (χ0) is 13.9. The second-order valence-electron chi connectivity index (χ2n) is 5.25. The Balaban J connectivity index is 1.63. The highest BCUT2D eigenvalue weighted by Crippen LogP contribution is 2.15. The summed E-state index contributed by atoms with van der Waals surface area (Å²) in [5, 5.41) is 17.7. The fraction of sp³-hybridized carbons (Fsp3) is 0.312. The normalized spacial score (nSPS) is 22.1. The molecule has 4 nitrogen and oxygen atoms in total. The molecule has 1 aliphatic rings. The van der Waals surface area contributed by atoms with Crippen LogP contribution < -0.4 is 10.6 Å². The molecule has 2 unspecified atom stereocenters. The number of hydrogen-bond acceptors (Lipinski definition) is 3. The van der Waals surface area contributed by atoms with Gasteiger partial charge in [0.15, 0.2) is 0 Å². The largest absolute Gasteiger partial charge is 0.392 e. The van der Waals surface area contributed by atoms with Gasteiger partial charge in [-0.1, -0.05) is 36.4 Å². The van der Waals surface area contributed by atoms with E-state index in [0.717, 1.165) is 5.56 Å². The number of β-amino-alcohol motifs (C(OH)–C–C–N with tert-alkyl or cyclic N) is 1. The second-order valence-corrected chi connectivity index (χ2v) is 5.25. The van der Waals surface area contributed by atoms with E-state index in [9.17, 15) is 9.90 Å². The monoisotopic (exact) mass is 270 g/mol. The third kappa shape index (κ3) is 2.81. The molecule has 0 radical (unpaired) electrons. The van der Waals surface area contributed by atoms with E-state index in [-0.39, 0.29) is 11.9 Å². The van der Waals surface area contributed by atoms with Gasteiger partial charge in [-0.15, -0.1) is 0 Å². The van der Waals surface area contributed by atoms with Crippen molar-refractivity contribution in [3.05, 3.63) is 48.0 Å². The minimum atomic E-state index is -0.411. The van der Waals surface area contributed by atoms with Crippen molar-refractivity contribution in [1.82, 2.24) is 10.6 Å². The van der Waals surface area contributed by atoms with Gasteiger partial charge in [0.1, 0.15) is 0 Å². The van der Waals surface area contributed by atoms with Crippen LogP contribution in [0.1, 0.15) is 12.0 Å². The molecule has 1 aliphatic heterocycles. The third-order valence-corrected chi connectivity index (χ3v) is 3.70. The molecular weight excluding hydrogens is 252 g/mol. The molecule has 104 valence electrons. The van der Waals surface area contributed by atoms with E-state index >= 15 is 0 Å². The zero-order valence-electron chi connectivity index (χ0n) is 11.2. The van der Waals surface area contributed by atoms with Crippen LogP contribution in [0.2, 0.25) is 0 Å². The lowest BCUT2D eigenvalue weighted by molar-refractivity contribution is -0.123. The van der Waals surface area contributed by atoms with Gasteiger partial charge in [-0.2, -0.15) is 0 Å². The maximum Gasteiger partial charge on any atom is 0.237 e. The molecule has 0 saturated carbocycles. The summed E-state index contributed by atoms with van der Waals surface area (Å²) in [5.41, 5.74) is 1.08. The molecule has 1 heterocycles. The van der Waals surface area contributed by atoms with Gasteiger partial charge < -0.3 is 15.7 Å². The Hall–Kier alpha value is -1.91. The Morgan fingerprint density at radius 1 is 1.25 bits per heavy atom. The lowest BCUT2D eigenvalue weighted by Gasteiger charge is -2.11. The number of benzene rings is 2. The highest BCUT2D eigenvalue weighted by molar-refractivity contribution is 5.84. The Morgan fingerprint density at radius 2 is 2.05 bits per heavy atom. The molecule has 2 atom stereocenters. The zero-order valence-corrected chi connectivity index (χ0v) is 11.2. The number of fused-ring (bicyclic) bond motifs is 1. The Bertz CT molecular complexity index is 627. The van der Waals surface area contributed by atoms with E-state index in [1.807, 2.05) is 18.2 Å². The molecule has 0 spiro atoms. The summed E-state index contributed by atoms with van der Waals surface area (Å²) >= 11 is 0. The number of carbonyl (C=O) groups is 1. The van der Waals surface area contributed by atoms with Crippen LogP contribution in [0.3, 0.4) is 0 Å². The third-order valence-electron chi connectivity index (χ3n) is 3.70. The highest BCUT2D eigenvalue weighted by Gasteiger charge is 2.27. The molecule has 2 aromatic rings. The van der Waals surface area contributed by atoms with Gasteiger partial charge >= 0.3 is 0 Å². The summed E-state index contributed by atoms with van der Waals surface area (Å²) in [7, 11) is 0. The molecule has 0 aliphatic carbocycles. The SMILES string of the molecule is O=C(NCc1ccc2ccccc2c1)C1CC(O)CN1. The van der Waals surface area contributed by atoms with Crippen molar-refractivity contribution in [3.8, 4) is 0 Å². The van der Waals surface area contributed by atoms with Crippen molar-refractivity contribution < 1.29 is 9.90 Å². The molecule has 1 amide bonds. The summed E-state index contributed by atoms with van der Waals surface area (Å²) < 4.78 is 0. The molecule has 0 bridgehead atoms. The van der Waals surface area contributed by atoms with Crippen molar-refractivity contribution in [2.45, 2.75) is 25.1 Å². The van der Waals surface area contributed by atoms with Gasteiger partial charge in [-0.05, 0) is 28.8 Å². The van der Waals surface area contributed by atoms with Crippen LogP contribution in [-0.2, 0) is 11.3 Å². The molecule has 4 heteroatoms. The van der Waals surface area contributed by atoms with E-state index in [4.69, 9.17) is 0 Å². The summed E-state index contributed by atoms with van der Waals surface area (Å²) in [6.07, 6.45) is 0.0789. The van der Waals surface area contributed by atoms with Crippen LogP contribution in [-0.4, -0.2) is 29.7 Å². The highest BCUT2D eigenvalue weighted by atomic mass is 16.3. The predicted molar refractivity (Wildman–Crippen MR) is 78.2 cm³/mol. The Morgan fingerprint density at radius 3 is 2.80 bits per heavy atom. The van der Waals surface area contributed by atoms with Crippen molar-refractivity contribution in [2.24, 2.45) is 0 Å². The van der Waals surface area contributed by atoms with Crippen molar-refractivity contribution in [1.29, 1.82) is 0 Å². The van der Waals surface area contributed by atoms with Crippen LogP contribution >= 0.6 is 0 Å². The smallest absolute Gasteiger partial charge is 0.237 e. The molecule has 1 saturated heterocycles. The van der Waals surface area contributed by atoms with E-state index in [1.165, 1.54) is 10.8 Å². The predicted octanol–water partition coefficient (Wildman–Crippen LogP) is 1.18. The number of aliphatic hydroxyl groups is 1. The van der Waals surface area contributed by atoms with Crippen molar-refractivity contribution >= 4 is 16.7 Å². The van der Waals surface area contributed by atoms with Gasteiger partial charge in [0.2, 0.25) is 5.91 Å². The first-order valence-electron chi connectivity index (χ1n) is 6.89. The standard InChI is InChI=1S/C16H18N2O2/c19-14-8-15(17-10-14)16(20)18-9-11-5-6-12-3-1-2-4-13(12)7-11/h1-7,14-15,17,19H,8-10H2,(H,18,20).